The summed E-state index contributed by atoms with van der Waals surface area (Å²) in [6, 6.07) is 0. The van der Waals surface area contributed by atoms with Crippen LogP contribution >= 0.6 is 34.8 Å². The van der Waals surface area contributed by atoms with Crippen LogP contribution in [-0.2, 0) is 0 Å². The molecule has 0 unspecified atom stereocenters. The van der Waals surface area contributed by atoms with Crippen LogP contribution in [-0.4, -0.2) is 0 Å². The minimum Gasteiger partial charge on any atom is -0.0814 e. The topological polar surface area (TPSA) is 0 Å². The highest BCUT2D eigenvalue weighted by Crippen LogP contribution is 2.31. The van der Waals surface area contributed by atoms with E-state index in [1.807, 2.05) is 0 Å². The van der Waals surface area contributed by atoms with E-state index in [1.54, 1.807) is 0 Å². The minimum atomic E-state index is 0.180. The number of halogens is 3. The van der Waals surface area contributed by atoms with Gasteiger partial charge in [-0.15, -0.1) is 0 Å². The monoisotopic (exact) mass is 210 g/mol. The molecule has 0 aliphatic heterocycles. The van der Waals surface area contributed by atoms with Crippen molar-refractivity contribution in [1.29, 1.82) is 0 Å². The van der Waals surface area contributed by atoms with Gasteiger partial charge in [-0.05, 0) is 31.3 Å². The largest absolute Gasteiger partial charge is 0.125 e. The molecule has 0 spiro atoms. The van der Waals surface area contributed by atoms with Gasteiger partial charge in [0.05, 0.1) is 5.03 Å². The van der Waals surface area contributed by atoms with Crippen LogP contribution in [0.5, 0.6) is 0 Å². The summed E-state index contributed by atoms with van der Waals surface area (Å²) in [6.07, 6.45) is 6.63. The second kappa shape index (κ2) is 4.39. The first-order chi connectivity index (χ1) is 5.22. The third-order valence-electron chi connectivity index (χ3n) is 1.74. The number of hydrogen-bond donors (Lipinski definition) is 0. The van der Waals surface area contributed by atoms with Crippen LogP contribution in [0.2, 0.25) is 0 Å². The van der Waals surface area contributed by atoms with Crippen molar-refractivity contribution in [2.75, 3.05) is 0 Å². The molecule has 0 saturated carbocycles. The van der Waals surface area contributed by atoms with Crippen molar-refractivity contribution in [1.82, 2.24) is 0 Å². The second-order valence-corrected chi connectivity index (χ2v) is 3.88. The van der Waals surface area contributed by atoms with Crippen molar-refractivity contribution in [3.05, 3.63) is 21.2 Å². The SMILES string of the molecule is ClC(Cl)=C(Cl)C1=CCCCC1. The lowest BCUT2D eigenvalue weighted by atomic mass is 10.00. The third kappa shape index (κ3) is 2.70. The van der Waals surface area contributed by atoms with Crippen molar-refractivity contribution in [3.8, 4) is 0 Å². The lowest BCUT2D eigenvalue weighted by Crippen LogP contribution is -1.91. The van der Waals surface area contributed by atoms with Crippen molar-refractivity contribution in [2.45, 2.75) is 25.7 Å². The van der Waals surface area contributed by atoms with Crippen molar-refractivity contribution in [2.24, 2.45) is 0 Å². The van der Waals surface area contributed by atoms with Gasteiger partial charge in [-0.1, -0.05) is 40.9 Å². The number of rotatable bonds is 1. The molecule has 1 aliphatic rings. The molecule has 0 atom stereocenters. The van der Waals surface area contributed by atoms with Gasteiger partial charge in [0.25, 0.3) is 0 Å². The summed E-state index contributed by atoms with van der Waals surface area (Å²) in [4.78, 5) is 0. The van der Waals surface area contributed by atoms with E-state index in [4.69, 9.17) is 34.8 Å². The molecule has 1 rings (SSSR count). The van der Waals surface area contributed by atoms with Crippen LogP contribution in [0.25, 0.3) is 0 Å². The van der Waals surface area contributed by atoms with E-state index in [1.165, 1.54) is 12.8 Å². The fourth-order valence-electron chi connectivity index (χ4n) is 1.16. The zero-order valence-electron chi connectivity index (χ0n) is 6.04. The molecule has 62 valence electrons. The lowest BCUT2D eigenvalue weighted by molar-refractivity contribution is 0.710. The Morgan fingerprint density at radius 2 is 1.91 bits per heavy atom. The summed E-state index contributed by atoms with van der Waals surface area (Å²) in [5.74, 6) is 0. The normalized spacial score (nSPS) is 17.5. The lowest BCUT2D eigenvalue weighted by Gasteiger charge is -2.11. The maximum absolute atomic E-state index is 5.84. The van der Waals surface area contributed by atoms with Crippen LogP contribution < -0.4 is 0 Å². The summed E-state index contributed by atoms with van der Waals surface area (Å²) in [5, 5.41) is 0.521. The Bertz CT molecular complexity index is 199. The second-order valence-electron chi connectivity index (χ2n) is 2.55. The van der Waals surface area contributed by atoms with Gasteiger partial charge >= 0.3 is 0 Å². The van der Waals surface area contributed by atoms with Gasteiger partial charge in [0.2, 0.25) is 0 Å². The molecule has 0 aromatic heterocycles. The van der Waals surface area contributed by atoms with E-state index >= 15 is 0 Å². The molecule has 0 aromatic rings. The molecule has 0 aromatic carbocycles. The third-order valence-corrected chi connectivity index (χ3v) is 2.74. The van der Waals surface area contributed by atoms with E-state index in [2.05, 4.69) is 6.08 Å². The fourth-order valence-corrected chi connectivity index (χ4v) is 1.57. The molecule has 0 saturated heterocycles. The Labute approximate surface area is 81.8 Å². The van der Waals surface area contributed by atoms with Gasteiger partial charge in [0, 0.05) is 0 Å². The highest BCUT2D eigenvalue weighted by atomic mass is 35.5. The standard InChI is InChI=1S/C8H9Cl3/c9-7(8(10)11)6-4-2-1-3-5-6/h4H,1-3,5H2. The van der Waals surface area contributed by atoms with Gasteiger partial charge < -0.3 is 0 Å². The van der Waals surface area contributed by atoms with E-state index < -0.39 is 0 Å². The van der Waals surface area contributed by atoms with Crippen molar-refractivity contribution < 1.29 is 0 Å². The highest BCUT2D eigenvalue weighted by Gasteiger charge is 2.09. The van der Waals surface area contributed by atoms with E-state index in [0.717, 1.165) is 18.4 Å². The Hall–Kier alpha value is 0.350. The van der Waals surface area contributed by atoms with Crippen LogP contribution in [0, 0.1) is 0 Å². The quantitative estimate of drug-likeness (QED) is 0.604. The predicted molar refractivity (Wildman–Crippen MR) is 51.1 cm³/mol. The first-order valence-corrected chi connectivity index (χ1v) is 4.75. The Morgan fingerprint density at radius 1 is 1.18 bits per heavy atom. The zero-order valence-corrected chi connectivity index (χ0v) is 8.31. The molecule has 0 nitrogen and oxygen atoms in total. The van der Waals surface area contributed by atoms with Gasteiger partial charge in [0.15, 0.2) is 0 Å². The molecular weight excluding hydrogens is 202 g/mol. The summed E-state index contributed by atoms with van der Waals surface area (Å²) in [6.45, 7) is 0. The molecule has 0 radical (unpaired) electrons. The summed E-state index contributed by atoms with van der Waals surface area (Å²) >= 11 is 16.9. The maximum atomic E-state index is 5.84. The fraction of sp³-hybridized carbons (Fsp3) is 0.500. The maximum Gasteiger partial charge on any atom is 0.125 e. The molecule has 11 heavy (non-hydrogen) atoms. The van der Waals surface area contributed by atoms with Gasteiger partial charge in [0.1, 0.15) is 4.49 Å². The summed E-state index contributed by atoms with van der Waals surface area (Å²) < 4.78 is 0.180. The van der Waals surface area contributed by atoms with Crippen molar-refractivity contribution in [3.63, 3.8) is 0 Å². The van der Waals surface area contributed by atoms with E-state index in [9.17, 15) is 0 Å². The molecule has 0 N–H and O–H groups in total. The van der Waals surface area contributed by atoms with Gasteiger partial charge in [-0.3, -0.25) is 0 Å². The smallest absolute Gasteiger partial charge is 0.0814 e. The first kappa shape index (κ1) is 9.44. The summed E-state index contributed by atoms with van der Waals surface area (Å²) in [7, 11) is 0. The Morgan fingerprint density at radius 3 is 2.36 bits per heavy atom. The average Bonchev–Trinajstić information content (AvgIpc) is 2.05. The number of hydrogen-bond acceptors (Lipinski definition) is 0. The molecule has 0 amide bonds. The van der Waals surface area contributed by atoms with Crippen molar-refractivity contribution >= 4 is 34.8 Å². The van der Waals surface area contributed by atoms with Crippen LogP contribution in [0.1, 0.15) is 25.7 Å². The van der Waals surface area contributed by atoms with Gasteiger partial charge in [-0.2, -0.15) is 0 Å². The molecule has 0 bridgehead atoms. The Kier molecular flexibility index (Phi) is 3.77. The molecule has 1 aliphatic carbocycles. The highest BCUT2D eigenvalue weighted by molar-refractivity contribution is 6.59. The average molecular weight is 212 g/mol. The zero-order chi connectivity index (χ0) is 8.27. The van der Waals surface area contributed by atoms with Crippen LogP contribution in [0.15, 0.2) is 21.2 Å². The summed E-state index contributed by atoms with van der Waals surface area (Å²) in [5.41, 5.74) is 1.10. The predicted octanol–water partition coefficient (Wildman–Crippen LogP) is 4.37. The van der Waals surface area contributed by atoms with Crippen LogP contribution in [0.4, 0.5) is 0 Å². The van der Waals surface area contributed by atoms with E-state index in [-0.39, 0.29) is 4.49 Å². The van der Waals surface area contributed by atoms with Crippen LogP contribution in [0.3, 0.4) is 0 Å². The number of allylic oxidation sites excluding steroid dienone is 3. The molecule has 0 fully saturated rings. The molecular formula is C8H9Cl3. The minimum absolute atomic E-state index is 0.180. The van der Waals surface area contributed by atoms with E-state index in [0.29, 0.717) is 5.03 Å². The van der Waals surface area contributed by atoms with Gasteiger partial charge in [-0.25, -0.2) is 0 Å². The molecule has 3 heteroatoms. The Balaban J connectivity index is 2.74. The first-order valence-electron chi connectivity index (χ1n) is 3.62. The molecule has 0 heterocycles.